The molecule has 1 saturated heterocycles. The van der Waals surface area contributed by atoms with Gasteiger partial charge in [-0.25, -0.2) is 0 Å². The highest BCUT2D eigenvalue weighted by molar-refractivity contribution is 5.92. The van der Waals surface area contributed by atoms with E-state index in [4.69, 9.17) is 4.74 Å². The second-order valence-electron chi connectivity index (χ2n) is 8.37. The molecule has 0 saturated carbocycles. The average Bonchev–Trinajstić information content (AvgIpc) is 2.73. The van der Waals surface area contributed by atoms with Gasteiger partial charge in [-0.15, -0.1) is 0 Å². The molecule has 2 aromatic rings. The highest BCUT2D eigenvalue weighted by Gasteiger charge is 2.25. The van der Waals surface area contributed by atoms with Crippen molar-refractivity contribution in [2.75, 3.05) is 38.6 Å². The molecule has 6 nitrogen and oxygen atoms in total. The fraction of sp³-hybridized carbons (Fsp3) is 0.440. The number of anilines is 1. The van der Waals surface area contributed by atoms with E-state index >= 15 is 0 Å². The summed E-state index contributed by atoms with van der Waals surface area (Å²) in [6.45, 7) is 6.54. The van der Waals surface area contributed by atoms with Crippen LogP contribution in [0.25, 0.3) is 0 Å². The molecule has 31 heavy (non-hydrogen) atoms. The van der Waals surface area contributed by atoms with E-state index in [9.17, 15) is 9.59 Å². The summed E-state index contributed by atoms with van der Waals surface area (Å²) in [4.78, 5) is 27.0. The van der Waals surface area contributed by atoms with Gasteiger partial charge in [0.2, 0.25) is 11.8 Å². The van der Waals surface area contributed by atoms with Crippen LogP contribution in [0.4, 0.5) is 5.69 Å². The smallest absolute Gasteiger partial charge is 0.238 e. The zero-order chi connectivity index (χ0) is 22.2. The molecule has 1 fully saturated rings. The SMILES string of the molecule is COc1cccc(CCNC(=O)C2CCN(CC(=O)Nc3cc(C)cc(C)c3)CC2)c1. The Balaban J connectivity index is 1.37. The van der Waals surface area contributed by atoms with Crippen molar-refractivity contribution < 1.29 is 14.3 Å². The fourth-order valence-corrected chi connectivity index (χ4v) is 4.11. The molecule has 2 amide bonds. The van der Waals surface area contributed by atoms with Crippen molar-refractivity contribution in [3.8, 4) is 5.75 Å². The molecule has 0 aliphatic carbocycles. The number of benzene rings is 2. The van der Waals surface area contributed by atoms with Gasteiger partial charge in [0.15, 0.2) is 0 Å². The Morgan fingerprint density at radius 1 is 1.06 bits per heavy atom. The molecule has 2 N–H and O–H groups in total. The number of carbonyl (C=O) groups is 2. The first-order valence-electron chi connectivity index (χ1n) is 10.9. The maximum atomic E-state index is 12.5. The Bertz CT molecular complexity index is 884. The number of methoxy groups -OCH3 is 1. The lowest BCUT2D eigenvalue weighted by molar-refractivity contribution is -0.126. The normalized spacial score (nSPS) is 14.8. The zero-order valence-electron chi connectivity index (χ0n) is 18.7. The molecule has 0 unspecified atom stereocenters. The van der Waals surface area contributed by atoms with Crippen LogP contribution in [0.15, 0.2) is 42.5 Å². The van der Waals surface area contributed by atoms with Gasteiger partial charge in [-0.2, -0.15) is 0 Å². The molecule has 2 aromatic carbocycles. The van der Waals surface area contributed by atoms with Crippen LogP contribution >= 0.6 is 0 Å². The van der Waals surface area contributed by atoms with Gasteiger partial charge in [0, 0.05) is 18.2 Å². The van der Waals surface area contributed by atoms with E-state index in [1.807, 2.05) is 50.2 Å². The Kier molecular flexibility index (Phi) is 8.06. The summed E-state index contributed by atoms with van der Waals surface area (Å²) >= 11 is 0. The van der Waals surface area contributed by atoms with Crippen molar-refractivity contribution in [2.24, 2.45) is 5.92 Å². The molecule has 0 atom stereocenters. The van der Waals surface area contributed by atoms with Crippen LogP contribution in [0, 0.1) is 19.8 Å². The minimum atomic E-state index is -0.00816. The van der Waals surface area contributed by atoms with Gasteiger partial charge < -0.3 is 15.4 Å². The maximum absolute atomic E-state index is 12.5. The van der Waals surface area contributed by atoms with Gasteiger partial charge >= 0.3 is 0 Å². The van der Waals surface area contributed by atoms with Gasteiger partial charge in [-0.1, -0.05) is 18.2 Å². The van der Waals surface area contributed by atoms with Gasteiger partial charge in [0.05, 0.1) is 13.7 Å². The van der Waals surface area contributed by atoms with Crippen molar-refractivity contribution in [3.05, 3.63) is 59.2 Å². The van der Waals surface area contributed by atoms with E-state index in [1.165, 1.54) is 0 Å². The number of piperidine rings is 1. The molecule has 0 radical (unpaired) electrons. The third kappa shape index (κ3) is 7.10. The molecule has 6 heteroatoms. The summed E-state index contributed by atoms with van der Waals surface area (Å²) in [5.41, 5.74) is 4.25. The quantitative estimate of drug-likeness (QED) is 0.683. The first-order chi connectivity index (χ1) is 14.9. The van der Waals surface area contributed by atoms with Crippen molar-refractivity contribution in [3.63, 3.8) is 0 Å². The first kappa shape index (κ1) is 22.8. The number of hydrogen-bond acceptors (Lipinski definition) is 4. The van der Waals surface area contributed by atoms with Gasteiger partial charge in [0.1, 0.15) is 5.75 Å². The van der Waals surface area contributed by atoms with Crippen molar-refractivity contribution in [2.45, 2.75) is 33.1 Å². The lowest BCUT2D eigenvalue weighted by Crippen LogP contribution is -2.43. The van der Waals surface area contributed by atoms with E-state index in [0.29, 0.717) is 13.1 Å². The van der Waals surface area contributed by atoms with Crippen LogP contribution in [0.5, 0.6) is 5.75 Å². The highest BCUT2D eigenvalue weighted by atomic mass is 16.5. The molecule has 0 aromatic heterocycles. The predicted octanol–water partition coefficient (Wildman–Crippen LogP) is 3.32. The van der Waals surface area contributed by atoms with E-state index in [-0.39, 0.29) is 17.7 Å². The fourth-order valence-electron chi connectivity index (χ4n) is 4.11. The number of amides is 2. The van der Waals surface area contributed by atoms with Gasteiger partial charge in [-0.05, 0) is 87.2 Å². The summed E-state index contributed by atoms with van der Waals surface area (Å²) in [7, 11) is 1.65. The van der Waals surface area contributed by atoms with Crippen molar-refractivity contribution in [1.29, 1.82) is 0 Å². The number of nitrogens with zero attached hydrogens (tertiary/aromatic N) is 1. The molecule has 166 valence electrons. The monoisotopic (exact) mass is 423 g/mol. The molecule has 1 aliphatic rings. The summed E-state index contributed by atoms with van der Waals surface area (Å²) in [5, 5.41) is 6.05. The number of ether oxygens (including phenoxy) is 1. The Hall–Kier alpha value is -2.86. The number of carbonyl (C=O) groups excluding carboxylic acids is 2. The number of likely N-dealkylation sites (tertiary alicyclic amines) is 1. The van der Waals surface area contributed by atoms with Crippen LogP contribution in [-0.2, 0) is 16.0 Å². The topological polar surface area (TPSA) is 70.7 Å². The standard InChI is InChI=1S/C25H33N3O3/c1-18-13-19(2)15-22(14-18)27-24(29)17-28-11-8-21(9-12-28)25(30)26-10-7-20-5-4-6-23(16-20)31-3/h4-6,13-16,21H,7-12,17H2,1-3H3,(H,26,30)(H,27,29). The molecular weight excluding hydrogens is 390 g/mol. The van der Waals surface area contributed by atoms with Gasteiger partial charge in [-0.3, -0.25) is 14.5 Å². The number of nitrogens with one attached hydrogen (secondary N) is 2. The third-order valence-corrected chi connectivity index (χ3v) is 5.68. The van der Waals surface area contributed by atoms with Crippen LogP contribution in [0.1, 0.15) is 29.5 Å². The average molecular weight is 424 g/mol. The van der Waals surface area contributed by atoms with Gasteiger partial charge in [0.25, 0.3) is 0 Å². The molecule has 0 bridgehead atoms. The number of aryl methyl sites for hydroxylation is 2. The van der Waals surface area contributed by atoms with E-state index in [2.05, 4.69) is 21.6 Å². The lowest BCUT2D eigenvalue weighted by atomic mass is 9.96. The Labute approximate surface area is 185 Å². The van der Waals surface area contributed by atoms with Crippen LogP contribution in [0.2, 0.25) is 0 Å². The number of hydrogen-bond donors (Lipinski definition) is 2. The van der Waals surface area contributed by atoms with Crippen molar-refractivity contribution in [1.82, 2.24) is 10.2 Å². The summed E-state index contributed by atoms with van der Waals surface area (Å²) in [6, 6.07) is 14.0. The molecule has 0 spiro atoms. The summed E-state index contributed by atoms with van der Waals surface area (Å²) < 4.78 is 5.24. The molecule has 3 rings (SSSR count). The predicted molar refractivity (Wildman–Crippen MR) is 123 cm³/mol. The van der Waals surface area contributed by atoms with E-state index in [1.54, 1.807) is 7.11 Å². The summed E-state index contributed by atoms with van der Waals surface area (Å²) in [6.07, 6.45) is 2.34. The highest BCUT2D eigenvalue weighted by Crippen LogP contribution is 2.18. The minimum absolute atomic E-state index is 0.00816. The van der Waals surface area contributed by atoms with Crippen LogP contribution in [-0.4, -0.2) is 50.0 Å². The Morgan fingerprint density at radius 2 is 1.77 bits per heavy atom. The number of rotatable bonds is 8. The summed E-state index contributed by atoms with van der Waals surface area (Å²) in [5.74, 6) is 0.954. The third-order valence-electron chi connectivity index (χ3n) is 5.68. The minimum Gasteiger partial charge on any atom is -0.497 e. The van der Waals surface area contributed by atoms with E-state index in [0.717, 1.165) is 60.5 Å². The molecule has 1 heterocycles. The maximum Gasteiger partial charge on any atom is 0.238 e. The Morgan fingerprint density at radius 3 is 2.45 bits per heavy atom. The lowest BCUT2D eigenvalue weighted by Gasteiger charge is -2.30. The second-order valence-corrected chi connectivity index (χ2v) is 8.37. The van der Waals surface area contributed by atoms with Crippen LogP contribution < -0.4 is 15.4 Å². The van der Waals surface area contributed by atoms with Crippen LogP contribution in [0.3, 0.4) is 0 Å². The molecular formula is C25H33N3O3. The zero-order valence-corrected chi connectivity index (χ0v) is 18.7. The molecule has 1 aliphatic heterocycles. The van der Waals surface area contributed by atoms with Crippen molar-refractivity contribution >= 4 is 17.5 Å². The first-order valence-corrected chi connectivity index (χ1v) is 10.9. The second kappa shape index (κ2) is 11.0. The largest absolute Gasteiger partial charge is 0.497 e. The van der Waals surface area contributed by atoms with E-state index < -0.39 is 0 Å².